The summed E-state index contributed by atoms with van der Waals surface area (Å²) in [7, 11) is -1.95. The topological polar surface area (TPSA) is 39.4 Å². The maximum atomic E-state index is 11.0. The Bertz CT molecular complexity index is 605. The molecule has 19 heavy (non-hydrogen) atoms. The first-order chi connectivity index (χ1) is 8.74. The molecule has 2 aromatic rings. The summed E-state index contributed by atoms with van der Waals surface area (Å²) in [6, 6.07) is 5.42. The highest BCUT2D eigenvalue weighted by molar-refractivity contribution is 6.74. The Morgan fingerprint density at radius 1 is 1.26 bits per heavy atom. The molecule has 0 radical (unpaired) electrons. The summed E-state index contributed by atoms with van der Waals surface area (Å²) < 4.78 is 11.8. The molecule has 0 unspecified atom stereocenters. The number of furan rings is 1. The molecule has 0 aliphatic rings. The minimum Gasteiger partial charge on any atom is -0.541 e. The van der Waals surface area contributed by atoms with E-state index in [1.807, 2.05) is 12.1 Å². The van der Waals surface area contributed by atoms with Crippen molar-refractivity contribution in [3.8, 4) is 5.75 Å². The number of aldehydes is 1. The van der Waals surface area contributed by atoms with Crippen molar-refractivity contribution < 1.29 is 13.6 Å². The Morgan fingerprint density at radius 2 is 1.95 bits per heavy atom. The van der Waals surface area contributed by atoms with Gasteiger partial charge in [0.1, 0.15) is 12.0 Å². The van der Waals surface area contributed by atoms with Crippen molar-refractivity contribution in [2.24, 2.45) is 0 Å². The highest BCUT2D eigenvalue weighted by Gasteiger charge is 2.39. The van der Waals surface area contributed by atoms with Gasteiger partial charge in [0.2, 0.25) is 0 Å². The van der Waals surface area contributed by atoms with Gasteiger partial charge in [0.05, 0.1) is 6.26 Å². The van der Waals surface area contributed by atoms with Crippen LogP contribution in [0.5, 0.6) is 5.75 Å². The zero-order valence-electron chi connectivity index (χ0n) is 12.1. The zero-order valence-corrected chi connectivity index (χ0v) is 13.1. The minimum atomic E-state index is -1.95. The van der Waals surface area contributed by atoms with Crippen LogP contribution >= 0.6 is 0 Å². The SMILES string of the molecule is CC(C)(C)[Si](C)(C)Oc1cc(C=O)cc2ccoc12. The Morgan fingerprint density at radius 3 is 2.53 bits per heavy atom. The van der Waals surface area contributed by atoms with Crippen molar-refractivity contribution in [1.29, 1.82) is 0 Å². The van der Waals surface area contributed by atoms with E-state index in [1.165, 1.54) is 0 Å². The fraction of sp³-hybridized carbons (Fsp3) is 0.400. The molecule has 4 heteroatoms. The normalized spacial score (nSPS) is 12.7. The van der Waals surface area contributed by atoms with Crippen LogP contribution in [0.15, 0.2) is 28.9 Å². The average molecular weight is 276 g/mol. The molecule has 2 rings (SSSR count). The quantitative estimate of drug-likeness (QED) is 0.606. The molecule has 1 aromatic heterocycles. The van der Waals surface area contributed by atoms with Crippen LogP contribution in [0.3, 0.4) is 0 Å². The van der Waals surface area contributed by atoms with Gasteiger partial charge in [-0.25, -0.2) is 0 Å². The van der Waals surface area contributed by atoms with E-state index in [0.29, 0.717) is 11.3 Å². The van der Waals surface area contributed by atoms with Gasteiger partial charge in [-0.15, -0.1) is 0 Å². The molecule has 1 heterocycles. The molecule has 0 saturated carbocycles. The first-order valence-electron chi connectivity index (χ1n) is 6.40. The number of rotatable bonds is 3. The van der Waals surface area contributed by atoms with Gasteiger partial charge in [-0.2, -0.15) is 0 Å². The van der Waals surface area contributed by atoms with Gasteiger partial charge < -0.3 is 8.84 Å². The standard InChI is InChI=1S/C15H20O3Si/c1-15(2,3)19(4,5)18-13-9-11(10-16)8-12-6-7-17-14(12)13/h6-10H,1-5H3. The van der Waals surface area contributed by atoms with Gasteiger partial charge >= 0.3 is 0 Å². The fourth-order valence-electron chi connectivity index (χ4n) is 1.64. The highest BCUT2D eigenvalue weighted by Crippen LogP contribution is 2.39. The lowest BCUT2D eigenvalue weighted by Gasteiger charge is -2.36. The zero-order chi connectivity index (χ0) is 14.3. The number of carbonyl (C=O) groups is 1. The van der Waals surface area contributed by atoms with Crippen LogP contribution < -0.4 is 4.43 Å². The van der Waals surface area contributed by atoms with Crippen LogP contribution in [0, 0.1) is 0 Å². The Balaban J connectivity index is 2.50. The van der Waals surface area contributed by atoms with E-state index in [-0.39, 0.29) is 5.04 Å². The second-order valence-corrected chi connectivity index (χ2v) is 11.1. The summed E-state index contributed by atoms with van der Waals surface area (Å²) in [6.45, 7) is 10.9. The van der Waals surface area contributed by atoms with E-state index in [2.05, 4.69) is 33.9 Å². The van der Waals surface area contributed by atoms with Crippen molar-refractivity contribution in [2.45, 2.75) is 38.9 Å². The van der Waals surface area contributed by atoms with Crippen LogP contribution in [0.25, 0.3) is 11.0 Å². The van der Waals surface area contributed by atoms with E-state index < -0.39 is 8.32 Å². The molecule has 0 aliphatic heterocycles. The lowest BCUT2D eigenvalue weighted by atomic mass is 10.2. The summed E-state index contributed by atoms with van der Waals surface area (Å²) >= 11 is 0. The molecule has 3 nitrogen and oxygen atoms in total. The number of hydrogen-bond donors (Lipinski definition) is 0. The van der Waals surface area contributed by atoms with E-state index in [0.717, 1.165) is 17.3 Å². The Labute approximate surface area is 114 Å². The Kier molecular flexibility index (Phi) is 3.30. The van der Waals surface area contributed by atoms with E-state index in [9.17, 15) is 4.79 Å². The van der Waals surface area contributed by atoms with Crippen LogP contribution in [-0.2, 0) is 0 Å². The molecular weight excluding hydrogens is 256 g/mol. The second-order valence-electron chi connectivity index (χ2n) is 6.34. The number of carbonyl (C=O) groups excluding carboxylic acids is 1. The number of hydrogen-bond acceptors (Lipinski definition) is 3. The van der Waals surface area contributed by atoms with Gasteiger partial charge in [-0.1, -0.05) is 20.8 Å². The summed E-state index contributed by atoms with van der Waals surface area (Å²) in [6.07, 6.45) is 2.46. The number of fused-ring (bicyclic) bond motifs is 1. The Hall–Kier alpha value is -1.55. The van der Waals surface area contributed by atoms with E-state index >= 15 is 0 Å². The molecule has 0 N–H and O–H groups in total. The number of benzene rings is 1. The maximum absolute atomic E-state index is 11.0. The predicted octanol–water partition coefficient (Wildman–Crippen LogP) is 4.63. The molecule has 0 bridgehead atoms. The van der Waals surface area contributed by atoms with Crippen molar-refractivity contribution in [3.63, 3.8) is 0 Å². The average Bonchev–Trinajstić information content (AvgIpc) is 2.75. The maximum Gasteiger partial charge on any atom is 0.250 e. The molecule has 1 aromatic carbocycles. The highest BCUT2D eigenvalue weighted by atomic mass is 28.4. The van der Waals surface area contributed by atoms with Gasteiger partial charge in [0, 0.05) is 10.9 Å². The van der Waals surface area contributed by atoms with Gasteiger partial charge in [-0.05, 0) is 36.3 Å². The minimum absolute atomic E-state index is 0.100. The molecule has 0 spiro atoms. The van der Waals surface area contributed by atoms with Crippen molar-refractivity contribution in [1.82, 2.24) is 0 Å². The fourth-order valence-corrected chi connectivity index (χ4v) is 2.65. The molecule has 0 amide bonds. The molecule has 102 valence electrons. The molecular formula is C15H20O3Si. The molecule has 0 saturated heterocycles. The largest absolute Gasteiger partial charge is 0.541 e. The molecule has 0 fully saturated rings. The smallest absolute Gasteiger partial charge is 0.250 e. The summed E-state index contributed by atoms with van der Waals surface area (Å²) in [5.74, 6) is 0.677. The molecule has 0 atom stereocenters. The third-order valence-corrected chi connectivity index (χ3v) is 8.19. The third kappa shape index (κ3) is 2.58. The van der Waals surface area contributed by atoms with E-state index in [1.54, 1.807) is 12.3 Å². The van der Waals surface area contributed by atoms with Gasteiger partial charge in [-0.3, -0.25) is 4.79 Å². The second kappa shape index (κ2) is 4.53. The monoisotopic (exact) mass is 276 g/mol. The first kappa shape index (κ1) is 13.9. The molecule has 0 aliphatic carbocycles. The van der Waals surface area contributed by atoms with Crippen LogP contribution in [0.2, 0.25) is 18.1 Å². The van der Waals surface area contributed by atoms with Crippen molar-refractivity contribution >= 4 is 25.6 Å². The van der Waals surface area contributed by atoms with Gasteiger partial charge in [0.25, 0.3) is 8.32 Å². The summed E-state index contributed by atoms with van der Waals surface area (Å²) in [5, 5.41) is 1.00. The van der Waals surface area contributed by atoms with Crippen LogP contribution in [0.4, 0.5) is 0 Å². The summed E-state index contributed by atoms with van der Waals surface area (Å²) in [4.78, 5) is 11.0. The lowest BCUT2D eigenvalue weighted by Crippen LogP contribution is -2.43. The first-order valence-corrected chi connectivity index (χ1v) is 9.31. The van der Waals surface area contributed by atoms with Gasteiger partial charge in [0.15, 0.2) is 5.58 Å². The lowest BCUT2D eigenvalue weighted by molar-refractivity contribution is 0.112. The predicted molar refractivity (Wildman–Crippen MR) is 79.4 cm³/mol. The third-order valence-electron chi connectivity index (χ3n) is 3.85. The van der Waals surface area contributed by atoms with Crippen LogP contribution in [-0.4, -0.2) is 14.6 Å². The van der Waals surface area contributed by atoms with Crippen molar-refractivity contribution in [2.75, 3.05) is 0 Å². The van der Waals surface area contributed by atoms with Crippen molar-refractivity contribution in [3.05, 3.63) is 30.0 Å². The van der Waals surface area contributed by atoms with E-state index in [4.69, 9.17) is 8.84 Å². The van der Waals surface area contributed by atoms with Crippen LogP contribution in [0.1, 0.15) is 31.1 Å². The summed E-state index contributed by atoms with van der Waals surface area (Å²) in [5.41, 5.74) is 1.33.